The highest BCUT2D eigenvalue weighted by Gasteiger charge is 2.15. The molecule has 0 saturated carbocycles. The van der Waals surface area contributed by atoms with Crippen LogP contribution in [0.3, 0.4) is 0 Å². The summed E-state index contributed by atoms with van der Waals surface area (Å²) in [5.41, 5.74) is 2.06. The number of benzene rings is 1. The summed E-state index contributed by atoms with van der Waals surface area (Å²) in [7, 11) is 0. The molecule has 1 atom stereocenters. The van der Waals surface area contributed by atoms with Gasteiger partial charge in [-0.05, 0) is 37.6 Å². The first-order valence-electron chi connectivity index (χ1n) is 9.01. The summed E-state index contributed by atoms with van der Waals surface area (Å²) in [5.74, 6) is 1.16. The van der Waals surface area contributed by atoms with Crippen LogP contribution in [0.2, 0.25) is 0 Å². The van der Waals surface area contributed by atoms with Crippen LogP contribution in [0.15, 0.2) is 41.5 Å². The monoisotopic (exact) mass is 367 g/mol. The van der Waals surface area contributed by atoms with E-state index in [2.05, 4.69) is 10.3 Å². The van der Waals surface area contributed by atoms with Crippen molar-refractivity contribution < 1.29 is 14.3 Å². The molecule has 1 aliphatic rings. The molecular formula is C20H21N3O4. The number of hydrogen-bond donors (Lipinski definition) is 2. The molecule has 0 fully saturated rings. The van der Waals surface area contributed by atoms with E-state index >= 15 is 0 Å². The largest absolute Gasteiger partial charge is 0.486 e. The zero-order valence-corrected chi connectivity index (χ0v) is 15.2. The molecule has 0 saturated heterocycles. The molecule has 0 spiro atoms. The van der Waals surface area contributed by atoms with E-state index in [1.807, 2.05) is 32.0 Å². The summed E-state index contributed by atoms with van der Waals surface area (Å²) in [6.07, 6.45) is 4.31. The fourth-order valence-corrected chi connectivity index (χ4v) is 3.02. The number of carbonyl (C=O) groups is 1. The molecule has 140 valence electrons. The van der Waals surface area contributed by atoms with E-state index in [1.165, 1.54) is 0 Å². The van der Waals surface area contributed by atoms with Crippen LogP contribution < -0.4 is 20.3 Å². The summed E-state index contributed by atoms with van der Waals surface area (Å²) in [4.78, 5) is 27.7. The van der Waals surface area contributed by atoms with Gasteiger partial charge in [0.15, 0.2) is 11.5 Å². The van der Waals surface area contributed by atoms with Gasteiger partial charge in [-0.1, -0.05) is 6.92 Å². The molecular weight excluding hydrogens is 346 g/mol. The van der Waals surface area contributed by atoms with E-state index in [1.54, 1.807) is 22.9 Å². The SMILES string of the molecule is CCC(C)NC(=O)c1cc2c(=O)[nH]c(-c3ccc4c(c3)OCCO4)cn2c1. The van der Waals surface area contributed by atoms with Crippen molar-refractivity contribution in [2.45, 2.75) is 26.3 Å². The normalized spacial score (nSPS) is 14.1. The fraction of sp³-hybridized carbons (Fsp3) is 0.300. The van der Waals surface area contributed by atoms with Crippen molar-refractivity contribution in [1.82, 2.24) is 14.7 Å². The van der Waals surface area contributed by atoms with Crippen LogP contribution in [0, 0.1) is 0 Å². The van der Waals surface area contributed by atoms with Crippen molar-refractivity contribution in [3.63, 3.8) is 0 Å². The highest BCUT2D eigenvalue weighted by Crippen LogP contribution is 2.33. The zero-order chi connectivity index (χ0) is 19.0. The number of H-pyrrole nitrogens is 1. The molecule has 4 rings (SSSR count). The van der Waals surface area contributed by atoms with Gasteiger partial charge in [-0.25, -0.2) is 0 Å². The minimum Gasteiger partial charge on any atom is -0.486 e. The molecule has 2 aromatic heterocycles. The standard InChI is InChI=1S/C20H21N3O4/c1-3-12(2)21-19(24)14-8-16-20(25)22-15(11-23(16)10-14)13-4-5-17-18(9-13)27-7-6-26-17/h4-5,8-12H,3,6-7H2,1-2H3,(H,21,24)(H,22,25). The van der Waals surface area contributed by atoms with E-state index in [0.29, 0.717) is 41.5 Å². The summed E-state index contributed by atoms with van der Waals surface area (Å²) < 4.78 is 12.8. The number of carbonyl (C=O) groups excluding carboxylic acids is 1. The first-order chi connectivity index (χ1) is 13.0. The number of fused-ring (bicyclic) bond motifs is 2. The first kappa shape index (κ1) is 17.2. The minimum absolute atomic E-state index is 0.0760. The minimum atomic E-state index is -0.259. The van der Waals surface area contributed by atoms with Gasteiger partial charge < -0.3 is 24.2 Å². The van der Waals surface area contributed by atoms with Crippen LogP contribution in [0.25, 0.3) is 16.8 Å². The Morgan fingerprint density at radius 1 is 1.22 bits per heavy atom. The van der Waals surface area contributed by atoms with E-state index in [-0.39, 0.29) is 17.5 Å². The van der Waals surface area contributed by atoms with Crippen molar-refractivity contribution in [3.8, 4) is 22.8 Å². The van der Waals surface area contributed by atoms with Gasteiger partial charge >= 0.3 is 0 Å². The van der Waals surface area contributed by atoms with E-state index in [0.717, 1.165) is 12.0 Å². The van der Waals surface area contributed by atoms with Gasteiger partial charge in [0.25, 0.3) is 11.5 Å². The second kappa shape index (κ2) is 6.83. The average Bonchev–Trinajstić information content (AvgIpc) is 3.12. The number of nitrogens with zero attached hydrogens (tertiary/aromatic N) is 1. The quantitative estimate of drug-likeness (QED) is 0.742. The molecule has 0 bridgehead atoms. The van der Waals surface area contributed by atoms with Crippen molar-refractivity contribution in [1.29, 1.82) is 0 Å². The first-order valence-corrected chi connectivity index (χ1v) is 9.01. The maximum atomic E-state index is 12.5. The van der Waals surface area contributed by atoms with E-state index < -0.39 is 0 Å². The van der Waals surface area contributed by atoms with Crippen LogP contribution in [0.1, 0.15) is 30.6 Å². The van der Waals surface area contributed by atoms with E-state index in [4.69, 9.17) is 9.47 Å². The van der Waals surface area contributed by atoms with Gasteiger partial charge in [-0.3, -0.25) is 9.59 Å². The van der Waals surface area contributed by atoms with Gasteiger partial charge in [-0.2, -0.15) is 0 Å². The van der Waals surface area contributed by atoms with Crippen molar-refractivity contribution in [2.75, 3.05) is 13.2 Å². The summed E-state index contributed by atoms with van der Waals surface area (Å²) >= 11 is 0. The van der Waals surface area contributed by atoms with E-state index in [9.17, 15) is 9.59 Å². The molecule has 2 N–H and O–H groups in total. The average molecular weight is 367 g/mol. The third kappa shape index (κ3) is 3.28. The molecule has 0 radical (unpaired) electrons. The number of nitrogens with one attached hydrogen (secondary N) is 2. The summed E-state index contributed by atoms with van der Waals surface area (Å²) in [6.45, 7) is 4.98. The smallest absolute Gasteiger partial charge is 0.272 e. The second-order valence-electron chi connectivity index (χ2n) is 6.66. The lowest BCUT2D eigenvalue weighted by Crippen LogP contribution is -2.31. The van der Waals surface area contributed by atoms with Gasteiger partial charge in [0.2, 0.25) is 0 Å². The van der Waals surface area contributed by atoms with Gasteiger partial charge in [0.05, 0.1) is 11.3 Å². The van der Waals surface area contributed by atoms with Crippen LogP contribution >= 0.6 is 0 Å². The van der Waals surface area contributed by atoms with Gasteiger partial charge in [0, 0.05) is 24.0 Å². The molecule has 3 heterocycles. The third-order valence-electron chi connectivity index (χ3n) is 4.70. The zero-order valence-electron chi connectivity index (χ0n) is 15.2. The number of rotatable bonds is 4. The predicted octanol–water partition coefficient (Wildman–Crippen LogP) is 2.59. The molecule has 1 aliphatic heterocycles. The number of ether oxygens (including phenoxy) is 2. The Hall–Kier alpha value is -3.22. The molecule has 7 nitrogen and oxygen atoms in total. The Balaban J connectivity index is 1.71. The number of hydrogen-bond acceptors (Lipinski definition) is 4. The van der Waals surface area contributed by atoms with Crippen molar-refractivity contribution in [3.05, 3.63) is 52.6 Å². The molecule has 0 aliphatic carbocycles. The molecule has 1 aromatic carbocycles. The van der Waals surface area contributed by atoms with Gasteiger partial charge in [-0.15, -0.1) is 0 Å². The Labute approximate surface area is 155 Å². The Bertz CT molecular complexity index is 1070. The summed E-state index contributed by atoms with van der Waals surface area (Å²) in [5, 5.41) is 2.91. The lowest BCUT2D eigenvalue weighted by molar-refractivity contribution is 0.0939. The summed E-state index contributed by atoms with van der Waals surface area (Å²) in [6, 6.07) is 7.21. The molecule has 3 aromatic rings. The molecule has 27 heavy (non-hydrogen) atoms. The van der Waals surface area contributed by atoms with Crippen LogP contribution in [-0.2, 0) is 0 Å². The second-order valence-corrected chi connectivity index (χ2v) is 6.66. The highest BCUT2D eigenvalue weighted by atomic mass is 16.6. The van der Waals surface area contributed by atoms with Crippen molar-refractivity contribution in [2.24, 2.45) is 0 Å². The molecule has 1 amide bonds. The third-order valence-corrected chi connectivity index (χ3v) is 4.70. The van der Waals surface area contributed by atoms with Crippen molar-refractivity contribution >= 4 is 11.4 Å². The Morgan fingerprint density at radius 2 is 2.00 bits per heavy atom. The lowest BCUT2D eigenvalue weighted by Gasteiger charge is -2.18. The van der Waals surface area contributed by atoms with Crippen LogP contribution in [-0.4, -0.2) is 34.5 Å². The maximum Gasteiger partial charge on any atom is 0.272 e. The highest BCUT2D eigenvalue weighted by molar-refractivity contribution is 5.95. The predicted molar refractivity (Wildman–Crippen MR) is 102 cm³/mol. The molecule has 7 heteroatoms. The Kier molecular flexibility index (Phi) is 4.35. The number of amides is 1. The van der Waals surface area contributed by atoms with Crippen LogP contribution in [0.4, 0.5) is 0 Å². The fourth-order valence-electron chi connectivity index (χ4n) is 3.02. The topological polar surface area (TPSA) is 84.8 Å². The Morgan fingerprint density at radius 3 is 2.78 bits per heavy atom. The van der Waals surface area contributed by atoms with Gasteiger partial charge in [0.1, 0.15) is 18.7 Å². The number of aromatic amines is 1. The number of aromatic nitrogens is 2. The maximum absolute atomic E-state index is 12.5. The lowest BCUT2D eigenvalue weighted by atomic mass is 10.1. The molecule has 1 unspecified atom stereocenters. The van der Waals surface area contributed by atoms with Crippen LogP contribution in [0.5, 0.6) is 11.5 Å².